The number of guanidine groups is 1. The summed E-state index contributed by atoms with van der Waals surface area (Å²) in [6.45, 7) is 2.77. The first-order valence-corrected chi connectivity index (χ1v) is 8.18. The van der Waals surface area contributed by atoms with Gasteiger partial charge < -0.3 is 25.3 Å². The zero-order chi connectivity index (χ0) is 18.9. The third-order valence-electron chi connectivity index (χ3n) is 3.60. The summed E-state index contributed by atoms with van der Waals surface area (Å²) in [4.78, 5) is 4.30. The van der Waals surface area contributed by atoms with E-state index >= 15 is 0 Å². The van der Waals surface area contributed by atoms with E-state index in [9.17, 15) is 4.39 Å². The molecule has 0 saturated heterocycles. The zero-order valence-electron chi connectivity index (χ0n) is 15.6. The number of aliphatic imine (C=N–C) groups is 1. The van der Waals surface area contributed by atoms with E-state index in [1.807, 2.05) is 25.1 Å². The van der Waals surface area contributed by atoms with Gasteiger partial charge >= 0.3 is 0 Å². The van der Waals surface area contributed by atoms with Gasteiger partial charge in [0, 0.05) is 0 Å². The average molecular weight is 489 g/mol. The topological polar surface area (TPSA) is 78.1 Å². The molecule has 0 aromatic heterocycles. The van der Waals surface area contributed by atoms with Gasteiger partial charge in [-0.05, 0) is 48.9 Å². The molecule has 0 amide bonds. The minimum Gasteiger partial charge on any atom is -0.493 e. The molecule has 0 aliphatic carbocycles. The molecule has 1 unspecified atom stereocenters. The molecule has 0 fully saturated rings. The predicted molar refractivity (Wildman–Crippen MR) is 115 cm³/mol. The first-order chi connectivity index (χ1) is 12.5. The third-order valence-corrected chi connectivity index (χ3v) is 3.60. The van der Waals surface area contributed by atoms with Gasteiger partial charge in [-0.15, -0.1) is 24.0 Å². The summed E-state index contributed by atoms with van der Waals surface area (Å²) >= 11 is 0. The predicted octanol–water partition coefficient (Wildman–Crippen LogP) is 3.33. The van der Waals surface area contributed by atoms with Gasteiger partial charge in [0.1, 0.15) is 17.7 Å². The summed E-state index contributed by atoms with van der Waals surface area (Å²) in [5.74, 6) is 1.93. The van der Waals surface area contributed by atoms with Crippen molar-refractivity contribution in [3.8, 4) is 17.2 Å². The molecule has 2 aromatic rings. The molecule has 0 spiro atoms. The van der Waals surface area contributed by atoms with E-state index in [-0.39, 0.29) is 35.9 Å². The van der Waals surface area contributed by atoms with Crippen LogP contribution in [0.1, 0.15) is 12.5 Å². The van der Waals surface area contributed by atoms with Crippen LogP contribution in [-0.2, 0) is 6.54 Å². The van der Waals surface area contributed by atoms with E-state index in [2.05, 4.69) is 10.3 Å². The summed E-state index contributed by atoms with van der Waals surface area (Å²) in [5.41, 5.74) is 6.83. The standard InChI is InChI=1S/C19H24FN3O3.HI/c1-13(26-16-7-5-15(20)6-8-16)11-22-19(21)23-12-14-4-9-17(24-2)18(10-14)25-3;/h4-10,13H,11-12H2,1-3H3,(H3,21,22,23);1H. The number of hydrogen-bond donors (Lipinski definition) is 2. The molecule has 148 valence electrons. The van der Waals surface area contributed by atoms with Crippen LogP contribution in [0.2, 0.25) is 0 Å². The molecule has 0 radical (unpaired) electrons. The van der Waals surface area contributed by atoms with Gasteiger partial charge in [0.2, 0.25) is 0 Å². The Balaban J connectivity index is 0.00000364. The van der Waals surface area contributed by atoms with Crippen molar-refractivity contribution in [2.75, 3.05) is 20.8 Å². The van der Waals surface area contributed by atoms with Gasteiger partial charge in [0.15, 0.2) is 17.5 Å². The number of halogens is 2. The second kappa shape index (κ2) is 11.5. The lowest BCUT2D eigenvalue weighted by Gasteiger charge is -2.15. The van der Waals surface area contributed by atoms with E-state index < -0.39 is 0 Å². The molecular weight excluding hydrogens is 464 g/mol. The fraction of sp³-hybridized carbons (Fsp3) is 0.316. The van der Waals surface area contributed by atoms with Crippen molar-refractivity contribution in [1.29, 1.82) is 0 Å². The fourth-order valence-corrected chi connectivity index (χ4v) is 2.25. The number of nitrogens with zero attached hydrogens (tertiary/aromatic N) is 1. The Labute approximate surface area is 175 Å². The highest BCUT2D eigenvalue weighted by Crippen LogP contribution is 2.27. The minimum absolute atomic E-state index is 0. The summed E-state index contributed by atoms with van der Waals surface area (Å²) in [6.07, 6.45) is -0.157. The highest BCUT2D eigenvalue weighted by molar-refractivity contribution is 14.0. The van der Waals surface area contributed by atoms with Crippen LogP contribution in [0.15, 0.2) is 47.5 Å². The Hall–Kier alpha value is -2.23. The smallest absolute Gasteiger partial charge is 0.189 e. The summed E-state index contributed by atoms with van der Waals surface area (Å²) < 4.78 is 29.0. The van der Waals surface area contributed by atoms with E-state index in [0.29, 0.717) is 36.3 Å². The van der Waals surface area contributed by atoms with E-state index in [1.54, 1.807) is 26.4 Å². The van der Waals surface area contributed by atoms with Crippen molar-refractivity contribution in [2.24, 2.45) is 10.7 Å². The molecule has 0 heterocycles. The Kier molecular flexibility index (Phi) is 9.70. The molecule has 2 aromatic carbocycles. The van der Waals surface area contributed by atoms with Gasteiger partial charge in [-0.25, -0.2) is 9.38 Å². The van der Waals surface area contributed by atoms with E-state index in [4.69, 9.17) is 19.9 Å². The first-order valence-electron chi connectivity index (χ1n) is 8.18. The first kappa shape index (κ1) is 22.8. The van der Waals surface area contributed by atoms with Crippen molar-refractivity contribution in [3.63, 3.8) is 0 Å². The number of nitrogens with two attached hydrogens (primary N) is 1. The molecule has 27 heavy (non-hydrogen) atoms. The van der Waals surface area contributed by atoms with Crippen LogP contribution in [0.5, 0.6) is 17.2 Å². The van der Waals surface area contributed by atoms with Crippen LogP contribution >= 0.6 is 24.0 Å². The Bertz CT molecular complexity index is 741. The highest BCUT2D eigenvalue weighted by Gasteiger charge is 2.06. The van der Waals surface area contributed by atoms with Crippen LogP contribution in [0, 0.1) is 5.82 Å². The summed E-state index contributed by atoms with van der Waals surface area (Å²) in [6, 6.07) is 11.5. The third kappa shape index (κ3) is 7.49. The average Bonchev–Trinajstić information content (AvgIpc) is 2.66. The van der Waals surface area contributed by atoms with Gasteiger partial charge in [0.25, 0.3) is 0 Å². The number of benzene rings is 2. The molecule has 3 N–H and O–H groups in total. The molecule has 0 bridgehead atoms. The Morgan fingerprint density at radius 3 is 2.41 bits per heavy atom. The largest absolute Gasteiger partial charge is 0.493 e. The second-order valence-corrected chi connectivity index (χ2v) is 5.65. The molecule has 0 aliphatic heterocycles. The number of methoxy groups -OCH3 is 2. The van der Waals surface area contributed by atoms with Crippen LogP contribution in [0.3, 0.4) is 0 Å². The molecule has 6 nitrogen and oxygen atoms in total. The quantitative estimate of drug-likeness (QED) is 0.338. The lowest BCUT2D eigenvalue weighted by Crippen LogP contribution is -2.38. The van der Waals surface area contributed by atoms with E-state index in [1.165, 1.54) is 12.1 Å². The van der Waals surface area contributed by atoms with Gasteiger partial charge in [-0.3, -0.25) is 0 Å². The highest BCUT2D eigenvalue weighted by atomic mass is 127. The number of nitrogens with one attached hydrogen (secondary N) is 1. The minimum atomic E-state index is -0.297. The normalized spacial score (nSPS) is 11.9. The summed E-state index contributed by atoms with van der Waals surface area (Å²) in [7, 11) is 3.18. The van der Waals surface area contributed by atoms with Crippen molar-refractivity contribution in [2.45, 2.75) is 19.6 Å². The second-order valence-electron chi connectivity index (χ2n) is 5.65. The van der Waals surface area contributed by atoms with Gasteiger partial charge in [-0.1, -0.05) is 6.07 Å². The molecule has 8 heteroatoms. The molecule has 2 rings (SSSR count). The van der Waals surface area contributed by atoms with Crippen LogP contribution in [-0.4, -0.2) is 32.8 Å². The molecule has 1 atom stereocenters. The lowest BCUT2D eigenvalue weighted by atomic mass is 10.2. The maximum absolute atomic E-state index is 12.9. The summed E-state index contributed by atoms with van der Waals surface area (Å²) in [5, 5.41) is 3.01. The van der Waals surface area contributed by atoms with Crippen LogP contribution < -0.4 is 25.3 Å². The molecule has 0 aliphatic rings. The number of hydrogen-bond acceptors (Lipinski definition) is 4. The van der Waals surface area contributed by atoms with Crippen molar-refractivity contribution < 1.29 is 18.6 Å². The van der Waals surface area contributed by atoms with Crippen molar-refractivity contribution >= 4 is 29.9 Å². The van der Waals surface area contributed by atoms with Gasteiger partial charge in [-0.2, -0.15) is 0 Å². The van der Waals surface area contributed by atoms with Crippen molar-refractivity contribution in [1.82, 2.24) is 5.32 Å². The Morgan fingerprint density at radius 2 is 1.78 bits per heavy atom. The van der Waals surface area contributed by atoms with Crippen LogP contribution in [0.4, 0.5) is 4.39 Å². The lowest BCUT2D eigenvalue weighted by molar-refractivity contribution is 0.224. The maximum Gasteiger partial charge on any atom is 0.189 e. The zero-order valence-corrected chi connectivity index (χ0v) is 17.9. The van der Waals surface area contributed by atoms with Gasteiger partial charge in [0.05, 0.1) is 27.3 Å². The van der Waals surface area contributed by atoms with Crippen LogP contribution in [0.25, 0.3) is 0 Å². The Morgan fingerprint density at radius 1 is 1.11 bits per heavy atom. The molecular formula is C19H25FIN3O3. The fourth-order valence-electron chi connectivity index (χ4n) is 2.25. The maximum atomic E-state index is 12.9. The van der Waals surface area contributed by atoms with E-state index in [0.717, 1.165) is 5.56 Å². The SMILES string of the molecule is COc1ccc(CN=C(N)NCC(C)Oc2ccc(F)cc2)cc1OC.I. The molecule has 0 saturated carbocycles. The number of ether oxygens (including phenoxy) is 3. The van der Waals surface area contributed by atoms with Crippen molar-refractivity contribution in [3.05, 3.63) is 53.8 Å². The monoisotopic (exact) mass is 489 g/mol. The number of rotatable bonds is 8.